The van der Waals surface area contributed by atoms with E-state index in [1.165, 1.54) is 42.4 Å². The summed E-state index contributed by atoms with van der Waals surface area (Å²) < 4.78 is 19.5. The second kappa shape index (κ2) is 9.43. The van der Waals surface area contributed by atoms with Gasteiger partial charge in [0.2, 0.25) is 0 Å². The zero-order valence-electron chi connectivity index (χ0n) is 16.8. The van der Waals surface area contributed by atoms with E-state index in [-0.39, 0.29) is 10.8 Å². The summed E-state index contributed by atoms with van der Waals surface area (Å²) in [5, 5.41) is 14.0. The highest BCUT2D eigenvalue weighted by atomic mass is 32.1. The van der Waals surface area contributed by atoms with Crippen molar-refractivity contribution in [2.24, 2.45) is 0 Å². The van der Waals surface area contributed by atoms with Crippen molar-refractivity contribution in [1.29, 1.82) is 0 Å². The highest BCUT2D eigenvalue weighted by molar-refractivity contribution is 7.19. The molecular weight excluding hydrogens is 435 g/mol. The molecule has 1 atom stereocenters. The highest BCUT2D eigenvalue weighted by Gasteiger charge is 2.26. The van der Waals surface area contributed by atoms with Gasteiger partial charge in [-0.15, -0.1) is 5.10 Å². The van der Waals surface area contributed by atoms with E-state index in [9.17, 15) is 14.0 Å². The third kappa shape index (κ3) is 4.67. The number of tetrazole rings is 1. The van der Waals surface area contributed by atoms with Crippen LogP contribution in [0, 0.1) is 5.82 Å². The van der Waals surface area contributed by atoms with Crippen molar-refractivity contribution < 1.29 is 18.7 Å². The molecule has 0 saturated heterocycles. The topological polar surface area (TPSA) is 112 Å². The molecule has 0 saturated carbocycles. The van der Waals surface area contributed by atoms with Gasteiger partial charge in [-0.2, -0.15) is 0 Å². The highest BCUT2D eigenvalue weighted by Crippen LogP contribution is 2.34. The van der Waals surface area contributed by atoms with Crippen LogP contribution in [-0.4, -0.2) is 44.2 Å². The Morgan fingerprint density at radius 2 is 1.91 bits per heavy atom. The van der Waals surface area contributed by atoms with E-state index >= 15 is 0 Å². The standard InChI is InChI=1S/C21H17FN6O3S/c1-31-20(30)17-18(14-7-9-15(22)10-8-14)32-21(24-17)25-19(29)16(28-12-23-26-27-28)11-13-5-3-2-4-6-13/h2-10,12,16H,11H2,1H3,(H,24,25,29). The Labute approximate surface area is 185 Å². The predicted molar refractivity (Wildman–Crippen MR) is 114 cm³/mol. The minimum Gasteiger partial charge on any atom is -0.464 e. The van der Waals surface area contributed by atoms with Gasteiger partial charge in [0.05, 0.1) is 12.0 Å². The first-order valence-electron chi connectivity index (χ1n) is 9.47. The Hall–Kier alpha value is -3.99. The van der Waals surface area contributed by atoms with Gasteiger partial charge in [0.15, 0.2) is 10.8 Å². The van der Waals surface area contributed by atoms with Crippen LogP contribution in [-0.2, 0) is 16.0 Å². The van der Waals surface area contributed by atoms with Crippen molar-refractivity contribution in [3.8, 4) is 10.4 Å². The maximum Gasteiger partial charge on any atom is 0.358 e. The minimum absolute atomic E-state index is 0.0291. The van der Waals surface area contributed by atoms with Crippen molar-refractivity contribution in [1.82, 2.24) is 25.2 Å². The van der Waals surface area contributed by atoms with Crippen LogP contribution in [0.2, 0.25) is 0 Å². The number of rotatable bonds is 7. The van der Waals surface area contributed by atoms with Crippen LogP contribution in [0.5, 0.6) is 0 Å². The lowest BCUT2D eigenvalue weighted by Crippen LogP contribution is -2.28. The van der Waals surface area contributed by atoms with E-state index in [4.69, 9.17) is 4.74 Å². The van der Waals surface area contributed by atoms with E-state index in [0.29, 0.717) is 16.9 Å². The number of carbonyl (C=O) groups is 2. The maximum absolute atomic E-state index is 13.3. The summed E-state index contributed by atoms with van der Waals surface area (Å²) in [4.78, 5) is 30.1. The number of aromatic nitrogens is 5. The first kappa shape index (κ1) is 21.2. The summed E-state index contributed by atoms with van der Waals surface area (Å²) in [6.45, 7) is 0. The van der Waals surface area contributed by atoms with Crippen LogP contribution >= 0.6 is 11.3 Å². The van der Waals surface area contributed by atoms with Crippen molar-refractivity contribution in [3.05, 3.63) is 78.0 Å². The largest absolute Gasteiger partial charge is 0.464 e. The zero-order chi connectivity index (χ0) is 22.5. The molecule has 1 amide bonds. The van der Waals surface area contributed by atoms with Crippen LogP contribution in [0.1, 0.15) is 22.1 Å². The molecule has 0 radical (unpaired) electrons. The van der Waals surface area contributed by atoms with E-state index in [1.807, 2.05) is 30.3 Å². The molecule has 2 aromatic carbocycles. The lowest BCUT2D eigenvalue weighted by atomic mass is 10.1. The molecule has 0 spiro atoms. The number of methoxy groups -OCH3 is 1. The molecular formula is C21H17FN6O3S. The molecule has 9 nitrogen and oxygen atoms in total. The van der Waals surface area contributed by atoms with Gasteiger partial charge >= 0.3 is 5.97 Å². The summed E-state index contributed by atoms with van der Waals surface area (Å²) >= 11 is 1.08. The lowest BCUT2D eigenvalue weighted by molar-refractivity contribution is -0.119. The van der Waals surface area contributed by atoms with Gasteiger partial charge in [-0.25, -0.2) is 18.9 Å². The Kier molecular flexibility index (Phi) is 6.26. The van der Waals surface area contributed by atoms with Crippen molar-refractivity contribution >= 4 is 28.3 Å². The van der Waals surface area contributed by atoms with Gasteiger partial charge < -0.3 is 10.1 Å². The number of halogens is 1. The van der Waals surface area contributed by atoms with Crippen LogP contribution in [0.3, 0.4) is 0 Å². The molecule has 11 heteroatoms. The number of benzene rings is 2. The van der Waals surface area contributed by atoms with E-state index < -0.39 is 23.7 Å². The lowest BCUT2D eigenvalue weighted by Gasteiger charge is -2.15. The Bertz CT molecular complexity index is 1210. The first-order chi connectivity index (χ1) is 15.5. The van der Waals surface area contributed by atoms with Crippen molar-refractivity contribution in [2.75, 3.05) is 12.4 Å². The molecule has 0 aliphatic rings. The summed E-state index contributed by atoms with van der Waals surface area (Å²) in [6.07, 6.45) is 1.70. The van der Waals surface area contributed by atoms with Crippen molar-refractivity contribution in [3.63, 3.8) is 0 Å². The normalized spacial score (nSPS) is 11.7. The molecule has 0 fully saturated rings. The summed E-state index contributed by atoms with van der Waals surface area (Å²) in [6, 6.07) is 14.3. The number of hydrogen-bond acceptors (Lipinski definition) is 8. The number of nitrogens with zero attached hydrogens (tertiary/aromatic N) is 5. The fraction of sp³-hybridized carbons (Fsp3) is 0.143. The van der Waals surface area contributed by atoms with Crippen LogP contribution < -0.4 is 5.32 Å². The molecule has 1 N–H and O–H groups in total. The number of ether oxygens (including phenoxy) is 1. The predicted octanol–water partition coefficient (Wildman–Crippen LogP) is 3.14. The molecule has 4 rings (SSSR count). The second-order valence-electron chi connectivity index (χ2n) is 6.68. The van der Waals surface area contributed by atoms with Crippen molar-refractivity contribution in [2.45, 2.75) is 12.5 Å². The molecule has 0 bridgehead atoms. The molecule has 4 aromatic rings. The van der Waals surface area contributed by atoms with Gasteiger partial charge in [-0.3, -0.25) is 4.79 Å². The molecule has 1 unspecified atom stereocenters. The molecule has 2 aromatic heterocycles. The average molecular weight is 452 g/mol. The van der Waals surface area contributed by atoms with Gasteiger partial charge in [-0.1, -0.05) is 53.8 Å². The quantitative estimate of drug-likeness (QED) is 0.429. The fourth-order valence-corrected chi connectivity index (χ4v) is 4.01. The minimum atomic E-state index is -0.743. The molecule has 0 aliphatic carbocycles. The number of thiazole rings is 1. The maximum atomic E-state index is 13.3. The Morgan fingerprint density at radius 1 is 1.16 bits per heavy atom. The fourth-order valence-electron chi connectivity index (χ4n) is 3.05. The third-order valence-corrected chi connectivity index (χ3v) is 5.62. The van der Waals surface area contributed by atoms with E-state index in [2.05, 4.69) is 25.8 Å². The number of esters is 1. The summed E-state index contributed by atoms with van der Waals surface area (Å²) in [5.74, 6) is -1.48. The molecule has 32 heavy (non-hydrogen) atoms. The average Bonchev–Trinajstić information content (AvgIpc) is 3.48. The summed E-state index contributed by atoms with van der Waals surface area (Å²) in [5.41, 5.74) is 1.53. The number of amides is 1. The van der Waals surface area contributed by atoms with Gasteiger partial charge in [0.25, 0.3) is 5.91 Å². The summed E-state index contributed by atoms with van der Waals surface area (Å²) in [7, 11) is 1.24. The Morgan fingerprint density at radius 3 is 2.56 bits per heavy atom. The van der Waals surface area contributed by atoms with E-state index in [1.54, 1.807) is 0 Å². The van der Waals surface area contributed by atoms with Crippen LogP contribution in [0.25, 0.3) is 10.4 Å². The van der Waals surface area contributed by atoms with Crippen LogP contribution in [0.4, 0.5) is 9.52 Å². The van der Waals surface area contributed by atoms with Gasteiger partial charge in [0.1, 0.15) is 18.2 Å². The second-order valence-corrected chi connectivity index (χ2v) is 7.68. The third-order valence-electron chi connectivity index (χ3n) is 4.60. The SMILES string of the molecule is COC(=O)c1nc(NC(=O)C(Cc2ccccc2)n2cnnn2)sc1-c1ccc(F)cc1. The number of anilines is 1. The molecule has 0 aliphatic heterocycles. The first-order valence-corrected chi connectivity index (χ1v) is 10.3. The van der Waals surface area contributed by atoms with Gasteiger partial charge in [0, 0.05) is 6.42 Å². The Balaban J connectivity index is 1.63. The monoisotopic (exact) mass is 452 g/mol. The zero-order valence-corrected chi connectivity index (χ0v) is 17.6. The van der Waals surface area contributed by atoms with E-state index in [0.717, 1.165) is 16.9 Å². The van der Waals surface area contributed by atoms with Gasteiger partial charge in [-0.05, 0) is 33.7 Å². The molecule has 2 heterocycles. The van der Waals surface area contributed by atoms with Crippen LogP contribution in [0.15, 0.2) is 60.9 Å². The number of nitrogens with one attached hydrogen (secondary N) is 1. The number of hydrogen-bond donors (Lipinski definition) is 1. The molecule has 162 valence electrons. The smallest absolute Gasteiger partial charge is 0.358 e. The number of carbonyl (C=O) groups excluding carboxylic acids is 2.